The van der Waals surface area contributed by atoms with Crippen LogP contribution < -0.4 is 10.4 Å². The molecule has 2 heteroatoms. The highest BCUT2D eigenvalue weighted by molar-refractivity contribution is 6.80. The standard InChI is InChI=1S/C15H18OSi/c1-3-16-17(14-7-5-4-6-8-14)15-11-9-13(2)10-12-15/h4-12,17H,3H2,1-2H3. The average molecular weight is 242 g/mol. The van der Waals surface area contributed by atoms with E-state index in [4.69, 9.17) is 4.43 Å². The summed E-state index contributed by atoms with van der Waals surface area (Å²) in [6.45, 7) is 4.96. The lowest BCUT2D eigenvalue weighted by Gasteiger charge is -2.16. The second-order valence-electron chi connectivity index (χ2n) is 4.16. The van der Waals surface area contributed by atoms with Crippen LogP contribution in [0.15, 0.2) is 54.6 Å². The van der Waals surface area contributed by atoms with Gasteiger partial charge >= 0.3 is 0 Å². The van der Waals surface area contributed by atoms with Gasteiger partial charge < -0.3 is 4.43 Å². The van der Waals surface area contributed by atoms with Crippen LogP contribution in [-0.2, 0) is 4.43 Å². The fourth-order valence-corrected chi connectivity index (χ4v) is 4.14. The highest BCUT2D eigenvalue weighted by Gasteiger charge is 2.16. The minimum atomic E-state index is -1.47. The monoisotopic (exact) mass is 242 g/mol. The molecule has 0 aliphatic heterocycles. The molecule has 0 heterocycles. The van der Waals surface area contributed by atoms with Gasteiger partial charge in [-0.15, -0.1) is 0 Å². The Kier molecular flexibility index (Phi) is 4.12. The molecule has 1 atom stereocenters. The summed E-state index contributed by atoms with van der Waals surface area (Å²) < 4.78 is 5.99. The fraction of sp³-hybridized carbons (Fsp3) is 0.200. The Hall–Kier alpha value is -1.38. The second kappa shape index (κ2) is 5.80. The first kappa shape index (κ1) is 12.1. The third kappa shape index (κ3) is 3.05. The third-order valence-corrected chi connectivity index (χ3v) is 5.46. The fourth-order valence-electron chi connectivity index (χ4n) is 1.92. The lowest BCUT2D eigenvalue weighted by atomic mass is 10.2. The molecule has 1 nitrogen and oxygen atoms in total. The Morgan fingerprint density at radius 3 is 2.06 bits per heavy atom. The molecule has 0 bridgehead atoms. The molecule has 2 rings (SSSR count). The van der Waals surface area contributed by atoms with E-state index in [0.29, 0.717) is 0 Å². The topological polar surface area (TPSA) is 9.23 Å². The molecule has 0 radical (unpaired) electrons. The van der Waals surface area contributed by atoms with Crippen LogP contribution in [0.25, 0.3) is 0 Å². The van der Waals surface area contributed by atoms with Gasteiger partial charge in [0.1, 0.15) is 0 Å². The maximum Gasteiger partial charge on any atom is 0.239 e. The van der Waals surface area contributed by atoms with Crippen molar-refractivity contribution in [1.82, 2.24) is 0 Å². The summed E-state index contributed by atoms with van der Waals surface area (Å²) >= 11 is 0. The Bertz CT molecular complexity index is 450. The number of aryl methyl sites for hydroxylation is 1. The van der Waals surface area contributed by atoms with E-state index in [1.165, 1.54) is 15.9 Å². The summed E-state index contributed by atoms with van der Waals surface area (Å²) in [7, 11) is -1.47. The number of benzene rings is 2. The molecule has 0 saturated carbocycles. The van der Waals surface area contributed by atoms with Gasteiger partial charge in [0, 0.05) is 6.61 Å². The van der Waals surface area contributed by atoms with Gasteiger partial charge in [-0.25, -0.2) is 0 Å². The molecule has 2 aromatic carbocycles. The lowest BCUT2D eigenvalue weighted by molar-refractivity contribution is 0.358. The van der Waals surface area contributed by atoms with Crippen LogP contribution in [-0.4, -0.2) is 15.6 Å². The van der Waals surface area contributed by atoms with Crippen LogP contribution in [0.4, 0.5) is 0 Å². The number of rotatable bonds is 4. The molecule has 1 unspecified atom stereocenters. The van der Waals surface area contributed by atoms with Crippen molar-refractivity contribution in [1.29, 1.82) is 0 Å². The van der Waals surface area contributed by atoms with Crippen LogP contribution in [0.3, 0.4) is 0 Å². The van der Waals surface area contributed by atoms with E-state index in [1.54, 1.807) is 0 Å². The first-order valence-electron chi connectivity index (χ1n) is 6.04. The molecule has 0 aliphatic rings. The molecule has 0 aromatic heterocycles. The Morgan fingerprint density at radius 1 is 0.882 bits per heavy atom. The zero-order valence-corrected chi connectivity index (χ0v) is 11.5. The van der Waals surface area contributed by atoms with E-state index >= 15 is 0 Å². The van der Waals surface area contributed by atoms with Crippen LogP contribution in [0.1, 0.15) is 12.5 Å². The molecule has 0 amide bonds. The van der Waals surface area contributed by atoms with Crippen molar-refractivity contribution in [2.24, 2.45) is 0 Å². The molecule has 0 aliphatic carbocycles. The van der Waals surface area contributed by atoms with E-state index < -0.39 is 9.04 Å². The zero-order chi connectivity index (χ0) is 12.1. The van der Waals surface area contributed by atoms with Crippen molar-refractivity contribution in [3.8, 4) is 0 Å². The van der Waals surface area contributed by atoms with Crippen LogP contribution in [0, 0.1) is 6.92 Å². The lowest BCUT2D eigenvalue weighted by Crippen LogP contribution is -2.44. The van der Waals surface area contributed by atoms with Gasteiger partial charge in [0.25, 0.3) is 0 Å². The normalized spacial score (nSPS) is 12.4. The van der Waals surface area contributed by atoms with Gasteiger partial charge in [0.05, 0.1) is 0 Å². The summed E-state index contributed by atoms with van der Waals surface area (Å²) in [5.74, 6) is 0. The van der Waals surface area contributed by atoms with E-state index in [-0.39, 0.29) is 0 Å². The van der Waals surface area contributed by atoms with Gasteiger partial charge in [-0.3, -0.25) is 0 Å². The van der Waals surface area contributed by atoms with E-state index in [0.717, 1.165) is 6.61 Å². The SMILES string of the molecule is CCO[SiH](c1ccccc1)c1ccc(C)cc1. The smallest absolute Gasteiger partial charge is 0.239 e. The molecule has 88 valence electrons. The van der Waals surface area contributed by atoms with E-state index in [9.17, 15) is 0 Å². The highest BCUT2D eigenvalue weighted by atomic mass is 28.3. The third-order valence-electron chi connectivity index (χ3n) is 2.82. The predicted octanol–water partition coefficient (Wildman–Crippen LogP) is 1.87. The summed E-state index contributed by atoms with van der Waals surface area (Å²) in [5.41, 5.74) is 1.30. The molecule has 0 N–H and O–H groups in total. The van der Waals surface area contributed by atoms with Gasteiger partial charge in [-0.05, 0) is 24.2 Å². The highest BCUT2D eigenvalue weighted by Crippen LogP contribution is 1.98. The zero-order valence-electron chi connectivity index (χ0n) is 10.4. The predicted molar refractivity (Wildman–Crippen MR) is 75.7 cm³/mol. The maximum atomic E-state index is 5.99. The van der Waals surface area contributed by atoms with Crippen molar-refractivity contribution in [3.05, 3.63) is 60.2 Å². The van der Waals surface area contributed by atoms with Crippen molar-refractivity contribution >= 4 is 19.4 Å². The van der Waals surface area contributed by atoms with Gasteiger partial charge in [0.2, 0.25) is 9.04 Å². The van der Waals surface area contributed by atoms with Crippen LogP contribution >= 0.6 is 0 Å². The van der Waals surface area contributed by atoms with Crippen LogP contribution in [0.5, 0.6) is 0 Å². The molecular formula is C15H18OSi. The summed E-state index contributed by atoms with van der Waals surface area (Å²) in [4.78, 5) is 0. The van der Waals surface area contributed by atoms with E-state index in [1.807, 2.05) is 0 Å². The van der Waals surface area contributed by atoms with Crippen molar-refractivity contribution in [2.75, 3.05) is 6.61 Å². The molecule has 0 fully saturated rings. The minimum absolute atomic E-state index is 0.777. The summed E-state index contributed by atoms with van der Waals surface area (Å²) in [6.07, 6.45) is 0. The summed E-state index contributed by atoms with van der Waals surface area (Å²) in [5, 5.41) is 2.70. The maximum absolute atomic E-state index is 5.99. The first-order chi connectivity index (χ1) is 8.31. The quantitative estimate of drug-likeness (QED) is 0.744. The van der Waals surface area contributed by atoms with Gasteiger partial charge in [-0.2, -0.15) is 0 Å². The Labute approximate surface area is 105 Å². The van der Waals surface area contributed by atoms with Crippen LogP contribution in [0.2, 0.25) is 0 Å². The Morgan fingerprint density at radius 2 is 1.47 bits per heavy atom. The average Bonchev–Trinajstić information content (AvgIpc) is 2.38. The molecule has 0 saturated heterocycles. The first-order valence-corrected chi connectivity index (χ1v) is 7.67. The number of hydrogen-bond acceptors (Lipinski definition) is 1. The number of hydrogen-bond donors (Lipinski definition) is 0. The molecule has 2 aromatic rings. The molecular weight excluding hydrogens is 224 g/mol. The Balaban J connectivity index is 2.32. The minimum Gasteiger partial charge on any atom is -0.411 e. The van der Waals surface area contributed by atoms with Gasteiger partial charge in [-0.1, -0.05) is 60.2 Å². The van der Waals surface area contributed by atoms with Gasteiger partial charge in [0.15, 0.2) is 0 Å². The van der Waals surface area contributed by atoms with Crippen molar-refractivity contribution < 1.29 is 4.43 Å². The molecule has 0 spiro atoms. The summed E-state index contributed by atoms with van der Waals surface area (Å²) in [6, 6.07) is 19.3. The largest absolute Gasteiger partial charge is 0.411 e. The molecule has 17 heavy (non-hydrogen) atoms. The van der Waals surface area contributed by atoms with Crippen molar-refractivity contribution in [3.63, 3.8) is 0 Å². The second-order valence-corrected chi connectivity index (χ2v) is 6.58. The van der Waals surface area contributed by atoms with Crippen molar-refractivity contribution in [2.45, 2.75) is 13.8 Å². The van der Waals surface area contributed by atoms with E-state index in [2.05, 4.69) is 68.4 Å².